The van der Waals surface area contributed by atoms with E-state index in [0.717, 1.165) is 10.6 Å². The number of hydrazone groups is 1. The molecule has 1 aromatic heterocycles. The van der Waals surface area contributed by atoms with Crippen LogP contribution in [0.15, 0.2) is 52.2 Å². The molecule has 2 aromatic rings. The molecule has 0 bridgehead atoms. The summed E-state index contributed by atoms with van der Waals surface area (Å²) < 4.78 is 35.0. The van der Waals surface area contributed by atoms with Crippen LogP contribution < -0.4 is 14.5 Å². The van der Waals surface area contributed by atoms with Gasteiger partial charge in [-0.15, -0.1) is 0 Å². The minimum absolute atomic E-state index is 0.321. The maximum absolute atomic E-state index is 12.0. The third-order valence-corrected chi connectivity index (χ3v) is 4.09. The quantitative estimate of drug-likeness (QED) is 0.597. The van der Waals surface area contributed by atoms with Gasteiger partial charge in [-0.1, -0.05) is 6.07 Å². The van der Waals surface area contributed by atoms with Crippen molar-refractivity contribution in [3.8, 4) is 5.75 Å². The number of hydrogen-bond donors (Lipinski definition) is 1. The molecule has 0 fully saturated rings. The van der Waals surface area contributed by atoms with Crippen LogP contribution in [0.1, 0.15) is 5.76 Å². The summed E-state index contributed by atoms with van der Waals surface area (Å²) in [5.41, 5.74) is 2.58. The number of carbonyl (C=O) groups excluding carboxylic acids is 1. The standard InChI is InChI=1S/C15H17N3O5S/c1-22-13-6-3-5-12(9-13)18(24(2,20)21)11-15(19)17-16-10-14-7-4-8-23-14/h3-10H,11H2,1-2H3,(H,17,19)/b16-10-. The van der Waals surface area contributed by atoms with Gasteiger partial charge in [-0.25, -0.2) is 13.8 Å². The summed E-state index contributed by atoms with van der Waals surface area (Å²) >= 11 is 0. The van der Waals surface area contributed by atoms with E-state index in [4.69, 9.17) is 9.15 Å². The Bertz CT molecular complexity index is 815. The number of rotatable bonds is 7. The van der Waals surface area contributed by atoms with Crippen LogP contribution in [0, 0.1) is 0 Å². The van der Waals surface area contributed by atoms with Crippen LogP contribution >= 0.6 is 0 Å². The molecule has 128 valence electrons. The van der Waals surface area contributed by atoms with Crippen molar-refractivity contribution in [2.24, 2.45) is 5.10 Å². The Morgan fingerprint density at radius 2 is 2.17 bits per heavy atom. The molecular formula is C15H17N3O5S. The zero-order valence-electron chi connectivity index (χ0n) is 13.2. The highest BCUT2D eigenvalue weighted by molar-refractivity contribution is 7.92. The number of nitrogens with zero attached hydrogens (tertiary/aromatic N) is 2. The van der Waals surface area contributed by atoms with E-state index in [-0.39, 0.29) is 0 Å². The molecule has 2 rings (SSSR count). The maximum Gasteiger partial charge on any atom is 0.260 e. The number of hydrogen-bond acceptors (Lipinski definition) is 6. The summed E-state index contributed by atoms with van der Waals surface area (Å²) in [7, 11) is -2.19. The maximum atomic E-state index is 12.0. The van der Waals surface area contributed by atoms with Crippen LogP contribution in [-0.4, -0.2) is 40.4 Å². The molecule has 0 spiro atoms. The van der Waals surface area contributed by atoms with Crippen LogP contribution in [0.5, 0.6) is 5.75 Å². The molecule has 1 N–H and O–H groups in total. The van der Waals surface area contributed by atoms with Gasteiger partial charge in [0.25, 0.3) is 5.91 Å². The fourth-order valence-corrected chi connectivity index (χ4v) is 2.71. The number of benzene rings is 1. The van der Waals surface area contributed by atoms with Crippen LogP contribution in [0.4, 0.5) is 5.69 Å². The summed E-state index contributed by atoms with van der Waals surface area (Å²) in [5, 5.41) is 3.71. The average molecular weight is 351 g/mol. The van der Waals surface area contributed by atoms with Crippen molar-refractivity contribution < 1.29 is 22.4 Å². The van der Waals surface area contributed by atoms with Crippen molar-refractivity contribution in [3.63, 3.8) is 0 Å². The number of sulfonamides is 1. The Labute approximate surface area is 139 Å². The molecule has 0 atom stereocenters. The molecule has 1 aromatic carbocycles. The minimum Gasteiger partial charge on any atom is -0.497 e. The summed E-state index contributed by atoms with van der Waals surface area (Å²) in [6.07, 6.45) is 3.80. The van der Waals surface area contributed by atoms with Crippen molar-refractivity contribution in [2.45, 2.75) is 0 Å². The normalized spacial score (nSPS) is 11.4. The number of nitrogens with one attached hydrogen (secondary N) is 1. The van der Waals surface area contributed by atoms with E-state index in [9.17, 15) is 13.2 Å². The lowest BCUT2D eigenvalue weighted by Gasteiger charge is -2.21. The van der Waals surface area contributed by atoms with Gasteiger partial charge in [-0.3, -0.25) is 9.10 Å². The first-order chi connectivity index (χ1) is 11.4. The first-order valence-electron chi connectivity index (χ1n) is 6.87. The van der Waals surface area contributed by atoms with Gasteiger partial charge in [0.2, 0.25) is 10.0 Å². The summed E-state index contributed by atoms with van der Waals surface area (Å²) in [6, 6.07) is 9.76. The van der Waals surface area contributed by atoms with Gasteiger partial charge in [-0.2, -0.15) is 5.10 Å². The van der Waals surface area contributed by atoms with E-state index in [2.05, 4.69) is 10.5 Å². The number of ether oxygens (including phenoxy) is 1. The second kappa shape index (κ2) is 7.64. The van der Waals surface area contributed by atoms with Crippen LogP contribution in [0.2, 0.25) is 0 Å². The fraction of sp³-hybridized carbons (Fsp3) is 0.200. The monoisotopic (exact) mass is 351 g/mol. The van der Waals surface area contributed by atoms with Crippen molar-refractivity contribution in [1.29, 1.82) is 0 Å². The van der Waals surface area contributed by atoms with Gasteiger partial charge < -0.3 is 9.15 Å². The number of methoxy groups -OCH3 is 1. The SMILES string of the molecule is COc1cccc(N(CC(=O)N/N=C\c2ccco2)S(C)(=O)=O)c1. The van der Waals surface area contributed by atoms with Crippen LogP contribution in [0.3, 0.4) is 0 Å². The Morgan fingerprint density at radius 1 is 1.38 bits per heavy atom. The molecule has 8 nitrogen and oxygen atoms in total. The fourth-order valence-electron chi connectivity index (χ4n) is 1.86. The van der Waals surface area contributed by atoms with Crippen molar-refractivity contribution >= 4 is 27.8 Å². The van der Waals surface area contributed by atoms with Crippen molar-refractivity contribution in [2.75, 3.05) is 24.2 Å². The zero-order valence-corrected chi connectivity index (χ0v) is 14.0. The van der Waals surface area contributed by atoms with E-state index < -0.39 is 22.5 Å². The third-order valence-electron chi connectivity index (χ3n) is 2.95. The molecule has 0 saturated heterocycles. The molecule has 0 radical (unpaired) electrons. The number of amides is 1. The van der Waals surface area contributed by atoms with E-state index in [1.165, 1.54) is 25.7 Å². The van der Waals surface area contributed by atoms with E-state index >= 15 is 0 Å². The molecule has 24 heavy (non-hydrogen) atoms. The highest BCUT2D eigenvalue weighted by Crippen LogP contribution is 2.22. The summed E-state index contributed by atoms with van der Waals surface area (Å²) in [4.78, 5) is 12.0. The lowest BCUT2D eigenvalue weighted by atomic mass is 10.3. The Hall–Kier alpha value is -2.81. The molecule has 0 aliphatic rings. The van der Waals surface area contributed by atoms with Crippen molar-refractivity contribution in [1.82, 2.24) is 5.43 Å². The first-order valence-corrected chi connectivity index (χ1v) is 8.72. The second-order valence-electron chi connectivity index (χ2n) is 4.78. The topological polar surface area (TPSA) is 101 Å². The predicted molar refractivity (Wildman–Crippen MR) is 89.6 cm³/mol. The second-order valence-corrected chi connectivity index (χ2v) is 6.69. The molecular weight excluding hydrogens is 334 g/mol. The number of furan rings is 1. The number of anilines is 1. The lowest BCUT2D eigenvalue weighted by molar-refractivity contribution is -0.119. The van der Waals surface area contributed by atoms with Gasteiger partial charge >= 0.3 is 0 Å². The molecule has 9 heteroatoms. The Morgan fingerprint density at radius 3 is 2.79 bits per heavy atom. The molecule has 1 amide bonds. The van der Waals surface area contributed by atoms with Gasteiger partial charge in [0, 0.05) is 6.07 Å². The van der Waals surface area contributed by atoms with Gasteiger partial charge in [0.15, 0.2) is 0 Å². The van der Waals surface area contributed by atoms with Crippen molar-refractivity contribution in [3.05, 3.63) is 48.4 Å². The third kappa shape index (κ3) is 4.85. The van der Waals surface area contributed by atoms with Crippen LogP contribution in [0.25, 0.3) is 0 Å². The molecule has 0 aliphatic heterocycles. The van der Waals surface area contributed by atoms with E-state index in [1.54, 1.807) is 30.3 Å². The lowest BCUT2D eigenvalue weighted by Crippen LogP contribution is -2.39. The molecule has 0 unspecified atom stereocenters. The summed E-state index contributed by atoms with van der Waals surface area (Å²) in [6.45, 7) is -0.415. The minimum atomic E-state index is -3.66. The predicted octanol–water partition coefficient (Wildman–Crippen LogP) is 1.20. The Balaban J connectivity index is 2.10. The largest absolute Gasteiger partial charge is 0.497 e. The zero-order chi connectivity index (χ0) is 17.6. The summed E-state index contributed by atoms with van der Waals surface area (Å²) in [5.74, 6) is 0.353. The van der Waals surface area contributed by atoms with E-state index in [0.29, 0.717) is 17.2 Å². The average Bonchev–Trinajstić information content (AvgIpc) is 3.05. The molecule has 0 saturated carbocycles. The molecule has 1 heterocycles. The van der Waals surface area contributed by atoms with Crippen LogP contribution in [-0.2, 0) is 14.8 Å². The van der Waals surface area contributed by atoms with Gasteiger partial charge in [0.1, 0.15) is 18.1 Å². The molecule has 0 aliphatic carbocycles. The number of carbonyl (C=O) groups is 1. The Kier molecular flexibility index (Phi) is 5.59. The highest BCUT2D eigenvalue weighted by atomic mass is 32.2. The van der Waals surface area contributed by atoms with Gasteiger partial charge in [0.05, 0.1) is 31.5 Å². The van der Waals surface area contributed by atoms with Gasteiger partial charge in [-0.05, 0) is 24.3 Å². The highest BCUT2D eigenvalue weighted by Gasteiger charge is 2.21. The first kappa shape index (κ1) is 17.5. The van der Waals surface area contributed by atoms with E-state index in [1.807, 2.05) is 0 Å². The smallest absolute Gasteiger partial charge is 0.260 e.